The average molecular weight is 982 g/mol. The standard InChI is InChI=1S/C71H76BN3/c1-45-39-58-59(71(13,14)38-37-70(58,11)12)44-62(45)75-63-43-55(74(53-31-25-50(26-32-53)68(5,6)7)54-33-27-51(28-34-54)69(8,9)10)35-36-60(63)72-66-64(75)42-48-21-17-18-22-56(48)65(66)57-40-46-19-15-16-20-47(46)41-61(57)73-52-29-23-49(24-30-52)67(2,3)4/h15-36,39-44,72-73H,37-38H2,1-14H3. The van der Waals surface area contributed by atoms with E-state index >= 15 is 0 Å². The molecular formula is C71H76BN3. The molecule has 0 unspecified atom stereocenters. The Labute approximate surface area is 449 Å². The summed E-state index contributed by atoms with van der Waals surface area (Å²) in [6.45, 7) is 32.8. The summed E-state index contributed by atoms with van der Waals surface area (Å²) in [4.78, 5) is 5.12. The molecule has 0 atom stereocenters. The molecule has 378 valence electrons. The third kappa shape index (κ3) is 9.23. The van der Waals surface area contributed by atoms with Crippen LogP contribution in [-0.4, -0.2) is 7.28 Å². The van der Waals surface area contributed by atoms with E-state index in [9.17, 15) is 0 Å². The smallest absolute Gasteiger partial charge is 0.198 e. The van der Waals surface area contributed by atoms with E-state index in [4.69, 9.17) is 0 Å². The molecule has 0 radical (unpaired) electrons. The maximum Gasteiger partial charge on any atom is 0.198 e. The molecule has 75 heavy (non-hydrogen) atoms. The van der Waals surface area contributed by atoms with Crippen molar-refractivity contribution in [2.75, 3.05) is 15.1 Å². The molecule has 9 aromatic carbocycles. The predicted molar refractivity (Wildman–Crippen MR) is 329 cm³/mol. The Bertz CT molecular complexity index is 3590. The second-order valence-corrected chi connectivity index (χ2v) is 26.4. The number of hydrogen-bond acceptors (Lipinski definition) is 3. The number of benzene rings is 9. The number of nitrogens with one attached hydrogen (secondary N) is 1. The SMILES string of the molecule is Cc1cc2c(cc1N1c3cc(N(c4ccc(C(C)(C)C)cc4)c4ccc(C(C)(C)C)cc4)ccc3Bc3c1cc1ccccc1c3-c1cc3ccccc3cc1Nc1ccc(C(C)(C)C)cc1)C(C)(C)CCC2(C)C. The Hall–Kier alpha value is -7.04. The van der Waals surface area contributed by atoms with Gasteiger partial charge in [-0.05, 0) is 186 Å². The Balaban J connectivity index is 1.18. The first-order valence-electron chi connectivity index (χ1n) is 27.5. The van der Waals surface area contributed by atoms with Crippen LogP contribution >= 0.6 is 0 Å². The van der Waals surface area contributed by atoms with E-state index in [0.29, 0.717) is 0 Å². The van der Waals surface area contributed by atoms with E-state index in [-0.39, 0.29) is 27.1 Å². The lowest BCUT2D eigenvalue weighted by Gasteiger charge is -2.44. The first kappa shape index (κ1) is 50.1. The zero-order chi connectivity index (χ0) is 53.0. The second-order valence-electron chi connectivity index (χ2n) is 26.4. The zero-order valence-electron chi connectivity index (χ0n) is 47.2. The van der Waals surface area contributed by atoms with Crippen LogP contribution in [0, 0.1) is 6.92 Å². The van der Waals surface area contributed by atoms with E-state index in [1.807, 2.05) is 0 Å². The van der Waals surface area contributed by atoms with Crippen molar-refractivity contribution in [2.24, 2.45) is 0 Å². The Morgan fingerprint density at radius 2 is 0.973 bits per heavy atom. The van der Waals surface area contributed by atoms with Gasteiger partial charge in [0.2, 0.25) is 0 Å². The van der Waals surface area contributed by atoms with Crippen LogP contribution in [0.3, 0.4) is 0 Å². The third-order valence-electron chi connectivity index (χ3n) is 16.9. The minimum absolute atomic E-state index is 0.0249. The van der Waals surface area contributed by atoms with E-state index < -0.39 is 0 Å². The fourth-order valence-corrected chi connectivity index (χ4v) is 12.1. The predicted octanol–water partition coefficient (Wildman–Crippen LogP) is 18.6. The van der Waals surface area contributed by atoms with Gasteiger partial charge in [0.15, 0.2) is 7.28 Å². The summed E-state index contributed by atoms with van der Waals surface area (Å²) >= 11 is 0. The minimum Gasteiger partial charge on any atom is -0.355 e. The van der Waals surface area contributed by atoms with Gasteiger partial charge >= 0.3 is 0 Å². The van der Waals surface area contributed by atoms with Crippen LogP contribution in [0.1, 0.15) is 136 Å². The van der Waals surface area contributed by atoms with Crippen LogP contribution in [0.4, 0.5) is 45.5 Å². The van der Waals surface area contributed by atoms with Gasteiger partial charge < -0.3 is 15.1 Å². The van der Waals surface area contributed by atoms with Crippen molar-refractivity contribution in [1.29, 1.82) is 0 Å². The normalized spacial score (nSPS) is 15.0. The molecule has 1 aliphatic heterocycles. The minimum atomic E-state index is 0.0249. The lowest BCUT2D eigenvalue weighted by molar-refractivity contribution is 0.332. The van der Waals surface area contributed by atoms with Crippen LogP contribution in [0.15, 0.2) is 170 Å². The van der Waals surface area contributed by atoms with Gasteiger partial charge in [0.1, 0.15) is 0 Å². The van der Waals surface area contributed by atoms with E-state index in [2.05, 4.69) is 282 Å². The van der Waals surface area contributed by atoms with Gasteiger partial charge in [-0.2, -0.15) is 0 Å². The van der Waals surface area contributed by atoms with Gasteiger partial charge in [0.25, 0.3) is 0 Å². The van der Waals surface area contributed by atoms with Crippen molar-refractivity contribution in [3.63, 3.8) is 0 Å². The second kappa shape index (κ2) is 18.1. The van der Waals surface area contributed by atoms with Gasteiger partial charge in [0.05, 0.1) is 0 Å². The highest BCUT2D eigenvalue weighted by molar-refractivity contribution is 6.73. The topological polar surface area (TPSA) is 18.5 Å². The fourth-order valence-electron chi connectivity index (χ4n) is 12.1. The highest BCUT2D eigenvalue weighted by atomic mass is 15.2. The van der Waals surface area contributed by atoms with Crippen molar-refractivity contribution in [3.8, 4) is 11.1 Å². The monoisotopic (exact) mass is 982 g/mol. The van der Waals surface area contributed by atoms with Crippen molar-refractivity contribution in [2.45, 2.75) is 137 Å². The summed E-state index contributed by atoms with van der Waals surface area (Å²) in [6.07, 6.45) is 2.32. The van der Waals surface area contributed by atoms with Gasteiger partial charge in [-0.25, -0.2) is 0 Å². The molecule has 0 spiro atoms. The molecule has 2 aliphatic rings. The molecule has 11 rings (SSSR count). The lowest BCUT2D eigenvalue weighted by Crippen LogP contribution is -2.41. The van der Waals surface area contributed by atoms with Crippen molar-refractivity contribution in [3.05, 3.63) is 203 Å². The van der Waals surface area contributed by atoms with Gasteiger partial charge in [-0.15, -0.1) is 0 Å². The zero-order valence-corrected chi connectivity index (χ0v) is 47.2. The van der Waals surface area contributed by atoms with Crippen LogP contribution in [0.2, 0.25) is 0 Å². The van der Waals surface area contributed by atoms with Crippen LogP contribution in [-0.2, 0) is 27.1 Å². The van der Waals surface area contributed by atoms with E-state index in [0.717, 1.165) is 42.1 Å². The van der Waals surface area contributed by atoms with E-state index in [1.165, 1.54) is 100 Å². The maximum absolute atomic E-state index is 3.99. The number of rotatable bonds is 7. The number of nitrogens with zero attached hydrogens (tertiary/aromatic N) is 2. The summed E-state index contributed by atoms with van der Waals surface area (Å²) in [6, 6.07) is 65.2. The summed E-state index contributed by atoms with van der Waals surface area (Å²) in [5.74, 6) is 0. The molecule has 4 heteroatoms. The average Bonchev–Trinajstić information content (AvgIpc) is 3.39. The van der Waals surface area contributed by atoms with Gasteiger partial charge in [0, 0.05) is 51.1 Å². The largest absolute Gasteiger partial charge is 0.355 e. The van der Waals surface area contributed by atoms with Crippen LogP contribution in [0.25, 0.3) is 32.7 Å². The van der Waals surface area contributed by atoms with Crippen molar-refractivity contribution < 1.29 is 0 Å². The maximum atomic E-state index is 3.99. The van der Waals surface area contributed by atoms with Crippen molar-refractivity contribution in [1.82, 2.24) is 0 Å². The molecule has 0 saturated carbocycles. The molecule has 0 aromatic heterocycles. The molecule has 0 fully saturated rings. The number of aryl methyl sites for hydroxylation is 1. The number of fused-ring (bicyclic) bond motifs is 5. The quantitative estimate of drug-likeness (QED) is 0.161. The molecule has 1 heterocycles. The number of anilines is 8. The van der Waals surface area contributed by atoms with Crippen molar-refractivity contribution >= 4 is 85.2 Å². The Morgan fingerprint density at radius 3 is 1.53 bits per heavy atom. The molecule has 1 aliphatic carbocycles. The number of hydrogen-bond donors (Lipinski definition) is 1. The van der Waals surface area contributed by atoms with Gasteiger partial charge in [-0.3, -0.25) is 0 Å². The molecular weight excluding hydrogens is 906 g/mol. The Kier molecular flexibility index (Phi) is 12.1. The third-order valence-corrected chi connectivity index (χ3v) is 16.9. The van der Waals surface area contributed by atoms with Crippen LogP contribution in [0.5, 0.6) is 0 Å². The molecule has 0 saturated heterocycles. The molecule has 9 aromatic rings. The first-order valence-corrected chi connectivity index (χ1v) is 27.5. The molecule has 0 bridgehead atoms. The first-order chi connectivity index (χ1) is 35.4. The summed E-state index contributed by atoms with van der Waals surface area (Å²) < 4.78 is 0. The van der Waals surface area contributed by atoms with Gasteiger partial charge in [-0.1, -0.05) is 193 Å². The van der Waals surface area contributed by atoms with E-state index in [1.54, 1.807) is 0 Å². The molecule has 3 nitrogen and oxygen atoms in total. The Morgan fingerprint density at radius 1 is 0.480 bits per heavy atom. The summed E-state index contributed by atoms with van der Waals surface area (Å²) in [5, 5.41) is 8.91. The highest BCUT2D eigenvalue weighted by Gasteiger charge is 2.39. The van der Waals surface area contributed by atoms with Crippen LogP contribution < -0.4 is 26.0 Å². The highest BCUT2D eigenvalue weighted by Crippen LogP contribution is 2.51. The summed E-state index contributed by atoms with van der Waals surface area (Å²) in [7, 11) is 0.775. The molecule has 0 amide bonds. The summed E-state index contributed by atoms with van der Waals surface area (Å²) in [5.41, 5.74) is 22.8. The molecule has 1 N–H and O–H groups in total. The fraction of sp³-hybridized carbons (Fsp3) is 0.296. The lowest BCUT2D eigenvalue weighted by atomic mass is 9.57.